The molecule has 1 atom stereocenters. The van der Waals surface area contributed by atoms with Gasteiger partial charge in [0, 0.05) is 12.5 Å². The highest BCUT2D eigenvalue weighted by Gasteiger charge is 2.12. The number of primary amides is 1. The summed E-state index contributed by atoms with van der Waals surface area (Å²) in [4.78, 5) is 10.8. The van der Waals surface area contributed by atoms with Gasteiger partial charge in [-0.3, -0.25) is 4.79 Å². The van der Waals surface area contributed by atoms with E-state index >= 15 is 0 Å². The molecular formula is C12H18N2O3. The van der Waals surface area contributed by atoms with Crippen LogP contribution in [0, 0.1) is 0 Å². The minimum Gasteiger partial charge on any atom is -0.493 e. The summed E-state index contributed by atoms with van der Waals surface area (Å²) in [6.45, 7) is 2.45. The van der Waals surface area contributed by atoms with Crippen LogP contribution in [0.3, 0.4) is 0 Å². The minimum absolute atomic E-state index is 0.108. The number of ether oxygens (including phenoxy) is 2. The predicted octanol–water partition coefficient (Wildman–Crippen LogP) is 0.969. The molecule has 1 amide bonds. The smallest absolute Gasteiger partial charge is 0.219 e. The normalized spacial score (nSPS) is 11.9. The molecule has 1 rings (SSSR count). The molecule has 5 heteroatoms. The minimum atomic E-state index is -0.426. The highest BCUT2D eigenvalue weighted by atomic mass is 16.5. The fourth-order valence-electron chi connectivity index (χ4n) is 1.52. The van der Waals surface area contributed by atoms with E-state index in [-0.39, 0.29) is 6.42 Å². The molecule has 0 aromatic heterocycles. The lowest BCUT2D eigenvalue weighted by atomic mass is 10.0. The third-order valence-corrected chi connectivity index (χ3v) is 2.34. The molecule has 0 fully saturated rings. The van der Waals surface area contributed by atoms with Crippen molar-refractivity contribution in [2.75, 3.05) is 13.7 Å². The average molecular weight is 238 g/mol. The molecule has 1 aromatic rings. The summed E-state index contributed by atoms with van der Waals surface area (Å²) >= 11 is 0. The zero-order valence-electron chi connectivity index (χ0n) is 10.1. The molecule has 0 spiro atoms. The quantitative estimate of drug-likeness (QED) is 0.773. The molecule has 5 nitrogen and oxygen atoms in total. The molecule has 0 aliphatic heterocycles. The standard InChI is InChI=1S/C12H18N2O3/c1-3-17-10-5-4-8(6-11(10)16-2)9(13)7-12(14)15/h4-6,9H,3,7,13H2,1-2H3,(H2,14,15). The van der Waals surface area contributed by atoms with Gasteiger partial charge in [-0.15, -0.1) is 0 Å². The Labute approximate surface area is 101 Å². The number of amides is 1. The van der Waals surface area contributed by atoms with Crippen molar-refractivity contribution in [3.8, 4) is 11.5 Å². The number of carbonyl (C=O) groups excluding carboxylic acids is 1. The summed E-state index contributed by atoms with van der Waals surface area (Å²) in [7, 11) is 1.56. The molecule has 0 aliphatic rings. The zero-order chi connectivity index (χ0) is 12.8. The van der Waals surface area contributed by atoms with E-state index in [9.17, 15) is 4.79 Å². The van der Waals surface area contributed by atoms with E-state index in [1.54, 1.807) is 25.3 Å². The number of hydrogen-bond acceptors (Lipinski definition) is 4. The van der Waals surface area contributed by atoms with Crippen molar-refractivity contribution in [3.63, 3.8) is 0 Å². The van der Waals surface area contributed by atoms with Crippen molar-refractivity contribution in [1.82, 2.24) is 0 Å². The highest BCUT2D eigenvalue weighted by molar-refractivity contribution is 5.74. The number of hydrogen-bond donors (Lipinski definition) is 2. The molecule has 1 aromatic carbocycles. The van der Waals surface area contributed by atoms with Gasteiger partial charge in [-0.05, 0) is 24.6 Å². The Morgan fingerprint density at radius 2 is 2.12 bits per heavy atom. The van der Waals surface area contributed by atoms with Crippen LogP contribution in [0.5, 0.6) is 11.5 Å². The lowest BCUT2D eigenvalue weighted by Gasteiger charge is -2.14. The summed E-state index contributed by atoms with van der Waals surface area (Å²) in [5.41, 5.74) is 11.7. The molecule has 4 N–H and O–H groups in total. The van der Waals surface area contributed by atoms with Crippen LogP contribution in [0.1, 0.15) is 24.9 Å². The van der Waals surface area contributed by atoms with Gasteiger partial charge in [-0.25, -0.2) is 0 Å². The van der Waals surface area contributed by atoms with Gasteiger partial charge in [0.25, 0.3) is 0 Å². The molecule has 0 bridgehead atoms. The monoisotopic (exact) mass is 238 g/mol. The van der Waals surface area contributed by atoms with Crippen LogP contribution in [0.2, 0.25) is 0 Å². The first kappa shape index (κ1) is 13.3. The second-order valence-electron chi connectivity index (χ2n) is 3.62. The van der Waals surface area contributed by atoms with Gasteiger partial charge in [0.05, 0.1) is 13.7 Å². The first-order valence-electron chi connectivity index (χ1n) is 5.43. The fraction of sp³-hybridized carbons (Fsp3) is 0.417. The van der Waals surface area contributed by atoms with Crippen molar-refractivity contribution in [3.05, 3.63) is 23.8 Å². The number of rotatable bonds is 6. The van der Waals surface area contributed by atoms with Gasteiger partial charge < -0.3 is 20.9 Å². The first-order chi connectivity index (χ1) is 8.08. The van der Waals surface area contributed by atoms with E-state index in [1.165, 1.54) is 0 Å². The average Bonchev–Trinajstić information content (AvgIpc) is 2.29. The molecule has 0 heterocycles. The second-order valence-corrected chi connectivity index (χ2v) is 3.62. The summed E-state index contributed by atoms with van der Waals surface area (Å²) in [6.07, 6.45) is 0.108. The van der Waals surface area contributed by atoms with E-state index in [1.807, 2.05) is 6.92 Å². The van der Waals surface area contributed by atoms with Gasteiger partial charge in [-0.1, -0.05) is 6.07 Å². The van der Waals surface area contributed by atoms with Gasteiger partial charge in [0.15, 0.2) is 11.5 Å². The predicted molar refractivity (Wildman–Crippen MR) is 64.9 cm³/mol. The third kappa shape index (κ3) is 3.64. The van der Waals surface area contributed by atoms with Gasteiger partial charge in [0.2, 0.25) is 5.91 Å². The summed E-state index contributed by atoms with van der Waals surface area (Å²) in [6, 6.07) is 4.93. The van der Waals surface area contributed by atoms with Crippen molar-refractivity contribution >= 4 is 5.91 Å². The number of benzene rings is 1. The van der Waals surface area contributed by atoms with Gasteiger partial charge in [0.1, 0.15) is 0 Å². The van der Waals surface area contributed by atoms with Crippen molar-refractivity contribution in [2.24, 2.45) is 11.5 Å². The van der Waals surface area contributed by atoms with Gasteiger partial charge >= 0.3 is 0 Å². The molecule has 94 valence electrons. The molecule has 17 heavy (non-hydrogen) atoms. The van der Waals surface area contributed by atoms with E-state index in [0.29, 0.717) is 18.1 Å². The Bertz CT molecular complexity index is 393. The van der Waals surface area contributed by atoms with Crippen LogP contribution >= 0.6 is 0 Å². The summed E-state index contributed by atoms with van der Waals surface area (Å²) < 4.78 is 10.6. The Morgan fingerprint density at radius 1 is 1.41 bits per heavy atom. The van der Waals surface area contributed by atoms with Crippen molar-refractivity contribution in [1.29, 1.82) is 0 Å². The van der Waals surface area contributed by atoms with Crippen LogP contribution in [-0.2, 0) is 4.79 Å². The maximum atomic E-state index is 10.8. The van der Waals surface area contributed by atoms with E-state index < -0.39 is 11.9 Å². The molecule has 0 saturated heterocycles. The van der Waals surface area contributed by atoms with Crippen LogP contribution in [-0.4, -0.2) is 19.6 Å². The Morgan fingerprint density at radius 3 is 2.65 bits per heavy atom. The molecule has 1 unspecified atom stereocenters. The molecular weight excluding hydrogens is 220 g/mol. The fourth-order valence-corrected chi connectivity index (χ4v) is 1.52. The van der Waals surface area contributed by atoms with Gasteiger partial charge in [-0.2, -0.15) is 0 Å². The lowest BCUT2D eigenvalue weighted by Crippen LogP contribution is -2.20. The van der Waals surface area contributed by atoms with Crippen LogP contribution in [0.15, 0.2) is 18.2 Å². The molecule has 0 saturated carbocycles. The lowest BCUT2D eigenvalue weighted by molar-refractivity contribution is -0.118. The van der Waals surface area contributed by atoms with E-state index in [0.717, 1.165) is 5.56 Å². The van der Waals surface area contributed by atoms with Crippen LogP contribution in [0.25, 0.3) is 0 Å². The summed E-state index contributed by atoms with van der Waals surface area (Å²) in [5, 5.41) is 0. The van der Waals surface area contributed by atoms with E-state index in [2.05, 4.69) is 0 Å². The Hall–Kier alpha value is -1.75. The second kappa shape index (κ2) is 6.10. The zero-order valence-corrected chi connectivity index (χ0v) is 10.1. The van der Waals surface area contributed by atoms with E-state index in [4.69, 9.17) is 20.9 Å². The van der Waals surface area contributed by atoms with Crippen molar-refractivity contribution in [2.45, 2.75) is 19.4 Å². The largest absolute Gasteiger partial charge is 0.493 e. The third-order valence-electron chi connectivity index (χ3n) is 2.34. The first-order valence-corrected chi connectivity index (χ1v) is 5.43. The Balaban J connectivity index is 2.92. The Kier molecular flexibility index (Phi) is 4.78. The maximum absolute atomic E-state index is 10.8. The topological polar surface area (TPSA) is 87.6 Å². The van der Waals surface area contributed by atoms with Crippen LogP contribution in [0.4, 0.5) is 0 Å². The molecule has 0 radical (unpaired) electrons. The maximum Gasteiger partial charge on any atom is 0.219 e. The number of nitrogens with two attached hydrogens (primary N) is 2. The number of methoxy groups -OCH3 is 1. The van der Waals surface area contributed by atoms with Crippen molar-refractivity contribution < 1.29 is 14.3 Å². The van der Waals surface area contributed by atoms with Crippen LogP contribution < -0.4 is 20.9 Å². The summed E-state index contributed by atoms with van der Waals surface area (Å²) in [5.74, 6) is 0.833. The SMILES string of the molecule is CCOc1ccc(C(N)CC(N)=O)cc1OC. The number of carbonyl (C=O) groups is 1. The highest BCUT2D eigenvalue weighted by Crippen LogP contribution is 2.30. The molecule has 0 aliphatic carbocycles.